The molecule has 2 rings (SSSR count). The maximum absolute atomic E-state index is 5.63. The Morgan fingerprint density at radius 3 is 2.53 bits per heavy atom. The molecule has 0 amide bonds. The first-order valence-electron chi connectivity index (χ1n) is 5.48. The molecule has 88 valence electrons. The summed E-state index contributed by atoms with van der Waals surface area (Å²) in [5, 5.41) is 0. The van der Waals surface area contributed by atoms with E-state index in [0.717, 1.165) is 17.1 Å². The van der Waals surface area contributed by atoms with Crippen LogP contribution in [-0.4, -0.2) is 17.0 Å². The molecular weight excluding hydrogens is 212 g/mol. The van der Waals surface area contributed by atoms with Crippen LogP contribution in [0.2, 0.25) is 0 Å². The third-order valence-electron chi connectivity index (χ3n) is 2.76. The lowest BCUT2D eigenvalue weighted by Crippen LogP contribution is -2.15. The monoisotopic (exact) mass is 228 g/mol. The summed E-state index contributed by atoms with van der Waals surface area (Å²) >= 11 is 0. The predicted octanol–water partition coefficient (Wildman–Crippen LogP) is 2.44. The zero-order valence-electron chi connectivity index (χ0n) is 10.3. The Hall–Kier alpha value is -2.10. The Balaban J connectivity index is 2.47. The van der Waals surface area contributed by atoms with Gasteiger partial charge in [-0.2, -0.15) is 4.98 Å². The van der Waals surface area contributed by atoms with Crippen LogP contribution in [0.25, 0.3) is 0 Å². The second-order valence-corrected chi connectivity index (χ2v) is 4.08. The fourth-order valence-corrected chi connectivity index (χ4v) is 1.84. The van der Waals surface area contributed by atoms with Crippen molar-refractivity contribution in [3.8, 4) is 0 Å². The average molecular weight is 228 g/mol. The molecule has 0 aliphatic carbocycles. The molecule has 17 heavy (non-hydrogen) atoms. The highest BCUT2D eigenvalue weighted by atomic mass is 15.2. The van der Waals surface area contributed by atoms with Gasteiger partial charge in [-0.3, -0.25) is 0 Å². The van der Waals surface area contributed by atoms with E-state index < -0.39 is 0 Å². The van der Waals surface area contributed by atoms with Gasteiger partial charge in [-0.15, -0.1) is 0 Å². The Bertz CT molecular complexity index is 537. The van der Waals surface area contributed by atoms with Crippen molar-refractivity contribution in [3.05, 3.63) is 41.6 Å². The van der Waals surface area contributed by atoms with E-state index in [9.17, 15) is 0 Å². The van der Waals surface area contributed by atoms with Gasteiger partial charge in [0.15, 0.2) is 0 Å². The van der Waals surface area contributed by atoms with Crippen molar-refractivity contribution in [2.45, 2.75) is 13.8 Å². The lowest BCUT2D eigenvalue weighted by Gasteiger charge is -2.22. The molecule has 0 unspecified atom stereocenters. The number of benzene rings is 1. The molecule has 2 N–H and O–H groups in total. The molecule has 2 aromatic rings. The summed E-state index contributed by atoms with van der Waals surface area (Å²) in [6.07, 6.45) is 1.74. The number of aryl methyl sites for hydroxylation is 2. The standard InChI is InChI=1S/C13H16N4/c1-9-6-4-5-7-11(9)17(3)12-10(2)8-15-13(14)16-12/h4-8H,1-3H3,(H2,14,15,16). The molecule has 0 spiro atoms. The highest BCUT2D eigenvalue weighted by Gasteiger charge is 2.11. The lowest BCUT2D eigenvalue weighted by molar-refractivity contribution is 1.06. The van der Waals surface area contributed by atoms with Crippen LogP contribution in [0.3, 0.4) is 0 Å². The normalized spacial score (nSPS) is 10.3. The second kappa shape index (κ2) is 4.41. The molecule has 0 atom stereocenters. The Morgan fingerprint density at radius 2 is 1.82 bits per heavy atom. The quantitative estimate of drug-likeness (QED) is 0.857. The summed E-state index contributed by atoms with van der Waals surface area (Å²) in [6, 6.07) is 8.17. The molecule has 0 radical (unpaired) electrons. The van der Waals surface area contributed by atoms with Crippen molar-refractivity contribution in [3.63, 3.8) is 0 Å². The van der Waals surface area contributed by atoms with Crippen LogP contribution < -0.4 is 10.6 Å². The van der Waals surface area contributed by atoms with Crippen molar-refractivity contribution in [2.75, 3.05) is 17.7 Å². The maximum Gasteiger partial charge on any atom is 0.221 e. The molecular formula is C13H16N4. The van der Waals surface area contributed by atoms with Crippen molar-refractivity contribution >= 4 is 17.5 Å². The number of aromatic nitrogens is 2. The highest BCUT2D eigenvalue weighted by molar-refractivity contribution is 5.65. The van der Waals surface area contributed by atoms with Gasteiger partial charge in [0.05, 0.1) is 0 Å². The number of para-hydroxylation sites is 1. The SMILES string of the molecule is Cc1ccccc1N(C)c1nc(N)ncc1C. The van der Waals surface area contributed by atoms with Crippen LogP contribution in [-0.2, 0) is 0 Å². The van der Waals surface area contributed by atoms with Crippen LogP contribution in [0.1, 0.15) is 11.1 Å². The Labute approximate surface area is 101 Å². The van der Waals surface area contributed by atoms with Crippen LogP contribution >= 0.6 is 0 Å². The molecule has 1 heterocycles. The van der Waals surface area contributed by atoms with Gasteiger partial charge >= 0.3 is 0 Å². The summed E-state index contributed by atoms with van der Waals surface area (Å²) in [6.45, 7) is 4.05. The molecule has 1 aromatic heterocycles. The average Bonchev–Trinajstić information content (AvgIpc) is 2.32. The van der Waals surface area contributed by atoms with E-state index in [1.165, 1.54) is 5.56 Å². The van der Waals surface area contributed by atoms with Crippen molar-refractivity contribution in [1.82, 2.24) is 9.97 Å². The number of nitrogens with zero attached hydrogens (tertiary/aromatic N) is 3. The van der Waals surface area contributed by atoms with Gasteiger partial charge < -0.3 is 10.6 Å². The first-order valence-corrected chi connectivity index (χ1v) is 5.48. The molecule has 1 aromatic carbocycles. The molecule has 0 saturated heterocycles. The second-order valence-electron chi connectivity index (χ2n) is 4.08. The molecule has 0 aliphatic heterocycles. The van der Waals surface area contributed by atoms with Gasteiger partial charge in [0.2, 0.25) is 5.95 Å². The van der Waals surface area contributed by atoms with E-state index >= 15 is 0 Å². The maximum atomic E-state index is 5.63. The summed E-state index contributed by atoms with van der Waals surface area (Å²) in [4.78, 5) is 10.3. The van der Waals surface area contributed by atoms with Gasteiger partial charge in [-0.25, -0.2) is 4.98 Å². The number of hydrogen-bond donors (Lipinski definition) is 1. The first kappa shape index (κ1) is 11.4. The zero-order chi connectivity index (χ0) is 12.4. The number of rotatable bonds is 2. The predicted molar refractivity (Wildman–Crippen MR) is 70.4 cm³/mol. The number of hydrogen-bond acceptors (Lipinski definition) is 4. The van der Waals surface area contributed by atoms with Gasteiger partial charge in [-0.05, 0) is 25.5 Å². The summed E-state index contributed by atoms with van der Waals surface area (Å²) in [7, 11) is 1.98. The zero-order valence-corrected chi connectivity index (χ0v) is 10.3. The van der Waals surface area contributed by atoms with E-state index in [0.29, 0.717) is 5.95 Å². The molecule has 0 fully saturated rings. The summed E-state index contributed by atoms with van der Waals surface area (Å²) in [5.41, 5.74) is 8.96. The highest BCUT2D eigenvalue weighted by Crippen LogP contribution is 2.27. The van der Waals surface area contributed by atoms with Crippen LogP contribution in [0.5, 0.6) is 0 Å². The van der Waals surface area contributed by atoms with Crippen molar-refractivity contribution < 1.29 is 0 Å². The fourth-order valence-electron chi connectivity index (χ4n) is 1.84. The summed E-state index contributed by atoms with van der Waals surface area (Å²) in [5.74, 6) is 1.14. The minimum Gasteiger partial charge on any atom is -0.368 e. The number of nitrogens with two attached hydrogens (primary N) is 1. The fraction of sp³-hybridized carbons (Fsp3) is 0.231. The Kier molecular flexibility index (Phi) is 2.95. The van der Waals surface area contributed by atoms with E-state index in [-0.39, 0.29) is 0 Å². The van der Waals surface area contributed by atoms with E-state index in [1.54, 1.807) is 6.20 Å². The minimum atomic E-state index is 0.297. The first-order chi connectivity index (χ1) is 8.09. The largest absolute Gasteiger partial charge is 0.368 e. The smallest absolute Gasteiger partial charge is 0.221 e. The number of anilines is 3. The van der Waals surface area contributed by atoms with Crippen LogP contribution in [0.15, 0.2) is 30.5 Å². The van der Waals surface area contributed by atoms with E-state index in [2.05, 4.69) is 29.0 Å². The third kappa shape index (κ3) is 2.20. The van der Waals surface area contributed by atoms with Gasteiger partial charge in [0, 0.05) is 24.5 Å². The Morgan fingerprint density at radius 1 is 1.12 bits per heavy atom. The van der Waals surface area contributed by atoms with E-state index in [4.69, 9.17) is 5.73 Å². The molecule has 0 saturated carbocycles. The summed E-state index contributed by atoms with van der Waals surface area (Å²) < 4.78 is 0. The molecule has 0 aliphatic rings. The van der Waals surface area contributed by atoms with Gasteiger partial charge in [0.25, 0.3) is 0 Å². The van der Waals surface area contributed by atoms with Crippen LogP contribution in [0.4, 0.5) is 17.5 Å². The van der Waals surface area contributed by atoms with Gasteiger partial charge in [0.1, 0.15) is 5.82 Å². The molecule has 4 nitrogen and oxygen atoms in total. The topological polar surface area (TPSA) is 55.0 Å². The van der Waals surface area contributed by atoms with Crippen molar-refractivity contribution in [1.29, 1.82) is 0 Å². The third-order valence-corrected chi connectivity index (χ3v) is 2.76. The van der Waals surface area contributed by atoms with E-state index in [1.807, 2.05) is 31.0 Å². The number of nitrogen functional groups attached to an aromatic ring is 1. The van der Waals surface area contributed by atoms with Crippen molar-refractivity contribution in [2.24, 2.45) is 0 Å². The molecule has 4 heteroatoms. The minimum absolute atomic E-state index is 0.297. The lowest BCUT2D eigenvalue weighted by atomic mass is 10.2. The molecule has 0 bridgehead atoms. The van der Waals surface area contributed by atoms with Crippen LogP contribution in [0, 0.1) is 13.8 Å². The van der Waals surface area contributed by atoms with Gasteiger partial charge in [-0.1, -0.05) is 18.2 Å².